The molecule has 0 aromatic rings. The summed E-state index contributed by atoms with van der Waals surface area (Å²) in [6, 6.07) is -0.396. The SMILES string of the molecule is O=C[C@@H](CS)NSC1CC(=O)NC1=O. The molecule has 1 rings (SSSR count). The van der Waals surface area contributed by atoms with Gasteiger partial charge in [-0.1, -0.05) is 11.9 Å². The first-order chi connectivity index (χ1) is 6.67. The molecular weight excluding hydrogens is 224 g/mol. The van der Waals surface area contributed by atoms with Gasteiger partial charge < -0.3 is 4.79 Å². The summed E-state index contributed by atoms with van der Waals surface area (Å²) in [4.78, 5) is 32.3. The van der Waals surface area contributed by atoms with Gasteiger partial charge in [0.15, 0.2) is 0 Å². The molecule has 1 heterocycles. The highest BCUT2D eigenvalue weighted by Gasteiger charge is 2.31. The molecule has 7 heteroatoms. The number of amides is 2. The molecule has 0 aromatic carbocycles. The van der Waals surface area contributed by atoms with E-state index in [1.54, 1.807) is 0 Å². The first-order valence-electron chi connectivity index (χ1n) is 3.98. The van der Waals surface area contributed by atoms with Gasteiger partial charge in [-0.2, -0.15) is 12.6 Å². The van der Waals surface area contributed by atoms with Crippen molar-refractivity contribution in [2.45, 2.75) is 17.7 Å². The number of thiol groups is 1. The van der Waals surface area contributed by atoms with E-state index in [0.29, 0.717) is 12.0 Å². The van der Waals surface area contributed by atoms with Gasteiger partial charge in [0.05, 0.1) is 6.04 Å². The Labute approximate surface area is 90.9 Å². The molecule has 0 aliphatic carbocycles. The van der Waals surface area contributed by atoms with Gasteiger partial charge in [0.1, 0.15) is 11.5 Å². The molecule has 2 N–H and O–H groups in total. The van der Waals surface area contributed by atoms with Crippen molar-refractivity contribution in [3.05, 3.63) is 0 Å². The van der Waals surface area contributed by atoms with E-state index in [9.17, 15) is 14.4 Å². The molecule has 0 radical (unpaired) electrons. The van der Waals surface area contributed by atoms with E-state index in [1.807, 2.05) is 0 Å². The highest BCUT2D eigenvalue weighted by molar-refractivity contribution is 7.98. The number of rotatable bonds is 5. The molecule has 14 heavy (non-hydrogen) atoms. The summed E-state index contributed by atoms with van der Waals surface area (Å²) in [5, 5.41) is 1.74. The molecular formula is C7H10N2O3S2. The minimum atomic E-state index is -0.440. The summed E-state index contributed by atoms with van der Waals surface area (Å²) in [5.41, 5.74) is 0. The van der Waals surface area contributed by atoms with E-state index in [1.165, 1.54) is 0 Å². The standard InChI is InChI=1S/C7H10N2O3S2/c10-2-4(3-13)9-14-5-1-6(11)8-7(5)12/h2,4-5,9,13H,1,3H2,(H,8,11,12)/t4-,5?/m0/s1. The Morgan fingerprint density at radius 2 is 2.43 bits per heavy atom. The smallest absolute Gasteiger partial charge is 0.241 e. The lowest BCUT2D eigenvalue weighted by Crippen LogP contribution is -2.31. The van der Waals surface area contributed by atoms with Crippen LogP contribution in [0.5, 0.6) is 0 Å². The Balaban J connectivity index is 2.34. The fourth-order valence-corrected chi connectivity index (χ4v) is 2.08. The molecule has 1 saturated heterocycles. The van der Waals surface area contributed by atoms with Crippen LogP contribution in [-0.2, 0) is 14.4 Å². The van der Waals surface area contributed by atoms with Crippen molar-refractivity contribution in [2.75, 3.05) is 5.75 Å². The van der Waals surface area contributed by atoms with Crippen LogP contribution in [0.1, 0.15) is 6.42 Å². The zero-order chi connectivity index (χ0) is 10.6. The molecule has 1 unspecified atom stereocenters. The molecule has 0 bridgehead atoms. The largest absolute Gasteiger partial charge is 0.302 e. The van der Waals surface area contributed by atoms with Gasteiger partial charge in [-0.25, -0.2) is 0 Å². The van der Waals surface area contributed by atoms with Gasteiger partial charge in [0, 0.05) is 12.2 Å². The third-order valence-electron chi connectivity index (χ3n) is 1.65. The molecule has 1 aliphatic heterocycles. The van der Waals surface area contributed by atoms with Gasteiger partial charge in [-0.3, -0.25) is 19.6 Å². The predicted molar refractivity (Wildman–Crippen MR) is 56.0 cm³/mol. The third kappa shape index (κ3) is 3.00. The minimum Gasteiger partial charge on any atom is -0.302 e. The monoisotopic (exact) mass is 234 g/mol. The summed E-state index contributed by atoms with van der Waals surface area (Å²) in [7, 11) is 0. The lowest BCUT2D eigenvalue weighted by molar-refractivity contribution is -0.124. The second-order valence-corrected chi connectivity index (χ2v) is 4.17. The predicted octanol–water partition coefficient (Wildman–Crippen LogP) is -0.863. The average molecular weight is 234 g/mol. The average Bonchev–Trinajstić information content (AvgIpc) is 2.47. The molecule has 2 amide bonds. The van der Waals surface area contributed by atoms with Crippen LogP contribution < -0.4 is 10.0 Å². The van der Waals surface area contributed by atoms with Gasteiger partial charge in [0.25, 0.3) is 0 Å². The van der Waals surface area contributed by atoms with Crippen LogP contribution >= 0.6 is 24.6 Å². The van der Waals surface area contributed by atoms with Crippen molar-refractivity contribution >= 4 is 42.7 Å². The number of hydrogen-bond donors (Lipinski definition) is 3. The molecule has 0 saturated carbocycles. The lowest BCUT2D eigenvalue weighted by atomic mass is 10.4. The second kappa shape index (κ2) is 5.38. The number of aldehydes is 1. The van der Waals surface area contributed by atoms with Crippen LogP contribution in [0.15, 0.2) is 0 Å². The van der Waals surface area contributed by atoms with E-state index < -0.39 is 11.3 Å². The van der Waals surface area contributed by atoms with E-state index >= 15 is 0 Å². The second-order valence-electron chi connectivity index (χ2n) is 2.77. The van der Waals surface area contributed by atoms with Gasteiger partial charge in [-0.15, -0.1) is 0 Å². The van der Waals surface area contributed by atoms with E-state index in [0.717, 1.165) is 11.9 Å². The highest BCUT2D eigenvalue weighted by atomic mass is 32.2. The van der Waals surface area contributed by atoms with Crippen LogP contribution in [0.3, 0.4) is 0 Å². The Hall–Kier alpha value is -0.530. The van der Waals surface area contributed by atoms with Crippen molar-refractivity contribution in [3.8, 4) is 0 Å². The molecule has 2 atom stereocenters. The maximum absolute atomic E-state index is 11.1. The van der Waals surface area contributed by atoms with Gasteiger partial charge in [0.2, 0.25) is 11.8 Å². The normalized spacial score (nSPS) is 23.4. The molecule has 78 valence electrons. The molecule has 1 fully saturated rings. The topological polar surface area (TPSA) is 75.3 Å². The molecule has 0 aromatic heterocycles. The Kier molecular flexibility index (Phi) is 4.43. The summed E-state index contributed by atoms with van der Waals surface area (Å²) in [5.74, 6) is -0.224. The van der Waals surface area contributed by atoms with E-state index in [4.69, 9.17) is 0 Å². The Morgan fingerprint density at radius 3 is 2.86 bits per heavy atom. The van der Waals surface area contributed by atoms with Gasteiger partial charge in [-0.05, 0) is 0 Å². The first-order valence-corrected chi connectivity index (χ1v) is 5.49. The fourth-order valence-electron chi connectivity index (χ4n) is 0.903. The first kappa shape index (κ1) is 11.5. The van der Waals surface area contributed by atoms with Crippen LogP contribution in [-0.4, -0.2) is 35.1 Å². The molecule has 0 spiro atoms. The Morgan fingerprint density at radius 1 is 1.71 bits per heavy atom. The number of carbonyl (C=O) groups is 3. The zero-order valence-corrected chi connectivity index (χ0v) is 8.94. The van der Waals surface area contributed by atoms with E-state index in [-0.39, 0.29) is 18.2 Å². The van der Waals surface area contributed by atoms with Crippen molar-refractivity contribution < 1.29 is 14.4 Å². The van der Waals surface area contributed by atoms with Crippen molar-refractivity contribution in [3.63, 3.8) is 0 Å². The van der Waals surface area contributed by atoms with Crippen molar-refractivity contribution in [1.29, 1.82) is 0 Å². The third-order valence-corrected chi connectivity index (χ3v) is 3.15. The lowest BCUT2D eigenvalue weighted by Gasteiger charge is -2.10. The van der Waals surface area contributed by atoms with Crippen LogP contribution in [0.25, 0.3) is 0 Å². The Bertz CT molecular complexity index is 259. The fraction of sp³-hybridized carbons (Fsp3) is 0.571. The summed E-state index contributed by atoms with van der Waals surface area (Å²) in [6.07, 6.45) is 0.878. The number of hydrogen-bond acceptors (Lipinski definition) is 6. The molecule has 1 aliphatic rings. The minimum absolute atomic E-state index is 0.161. The number of carbonyl (C=O) groups excluding carboxylic acids is 3. The van der Waals surface area contributed by atoms with Crippen molar-refractivity contribution in [2.24, 2.45) is 0 Å². The zero-order valence-electron chi connectivity index (χ0n) is 7.23. The maximum Gasteiger partial charge on any atom is 0.241 e. The maximum atomic E-state index is 11.1. The molecule has 5 nitrogen and oxygen atoms in total. The van der Waals surface area contributed by atoms with Gasteiger partial charge >= 0.3 is 0 Å². The summed E-state index contributed by atoms with van der Waals surface area (Å²) >= 11 is 5.03. The summed E-state index contributed by atoms with van der Waals surface area (Å²) < 4.78 is 2.77. The van der Waals surface area contributed by atoms with Crippen LogP contribution in [0.4, 0.5) is 0 Å². The van der Waals surface area contributed by atoms with Crippen LogP contribution in [0.2, 0.25) is 0 Å². The number of nitrogens with one attached hydrogen (secondary N) is 2. The number of imide groups is 1. The highest BCUT2D eigenvalue weighted by Crippen LogP contribution is 2.16. The van der Waals surface area contributed by atoms with Crippen LogP contribution in [0, 0.1) is 0 Å². The quantitative estimate of drug-likeness (QED) is 0.250. The van der Waals surface area contributed by atoms with Crippen molar-refractivity contribution in [1.82, 2.24) is 10.0 Å². The van der Waals surface area contributed by atoms with E-state index in [2.05, 4.69) is 22.7 Å². The summed E-state index contributed by atoms with van der Waals surface area (Å²) in [6.45, 7) is 0.